The number of hydrogen-bond acceptors (Lipinski definition) is 2. The van der Waals surface area contributed by atoms with Gasteiger partial charge < -0.3 is 4.90 Å². The lowest BCUT2D eigenvalue weighted by Gasteiger charge is -2.15. The lowest BCUT2D eigenvalue weighted by atomic mass is 10.1. The average molecular weight is 289 g/mol. The van der Waals surface area contributed by atoms with Crippen molar-refractivity contribution in [2.24, 2.45) is 0 Å². The maximum absolute atomic E-state index is 11.4. The summed E-state index contributed by atoms with van der Waals surface area (Å²) in [7, 11) is 0. The molecule has 0 saturated carbocycles. The van der Waals surface area contributed by atoms with Gasteiger partial charge in [0, 0.05) is 19.7 Å². The third-order valence-corrected chi connectivity index (χ3v) is 2.85. The monoisotopic (exact) mass is 289 g/mol. The smallest absolute Gasteiger partial charge is 0.223 e. The summed E-state index contributed by atoms with van der Waals surface area (Å²) in [5, 5.41) is 0. The molecule has 0 spiro atoms. The highest BCUT2D eigenvalue weighted by molar-refractivity contribution is 5.87. The van der Waals surface area contributed by atoms with Crippen LogP contribution in [0.15, 0.2) is 42.6 Å². The van der Waals surface area contributed by atoms with Gasteiger partial charge in [-0.3, -0.25) is 9.59 Å². The molecule has 0 aromatic heterocycles. The van der Waals surface area contributed by atoms with Crippen LogP contribution in [0.2, 0.25) is 0 Å². The Bertz CT molecular complexity index is 438. The van der Waals surface area contributed by atoms with Gasteiger partial charge in [-0.2, -0.15) is 0 Å². The topological polar surface area (TPSA) is 37.4 Å². The van der Waals surface area contributed by atoms with Crippen molar-refractivity contribution in [1.29, 1.82) is 0 Å². The molecular weight excluding hydrogens is 262 g/mol. The minimum atomic E-state index is -0.0458. The summed E-state index contributed by atoms with van der Waals surface area (Å²) >= 11 is 0. The predicted molar refractivity (Wildman–Crippen MR) is 87.9 cm³/mol. The van der Waals surface area contributed by atoms with Gasteiger partial charge in [0.1, 0.15) is 0 Å². The molecule has 3 nitrogen and oxygen atoms in total. The third kappa shape index (κ3) is 9.61. The Balaban J connectivity index is 0.00000191. The molecule has 0 fully saturated rings. The van der Waals surface area contributed by atoms with Gasteiger partial charge in [-0.05, 0) is 37.8 Å². The molecule has 1 aromatic rings. The lowest BCUT2D eigenvalue weighted by molar-refractivity contribution is -0.126. The van der Waals surface area contributed by atoms with Gasteiger partial charge in [-0.1, -0.05) is 44.2 Å². The number of aryl methyl sites for hydroxylation is 1. The number of benzene rings is 1. The molecule has 0 radical (unpaired) electrons. The van der Waals surface area contributed by atoms with Crippen LogP contribution in [0.4, 0.5) is 0 Å². The Morgan fingerprint density at radius 2 is 1.67 bits per heavy atom. The minimum absolute atomic E-state index is 0.0304. The Labute approximate surface area is 128 Å². The number of carbonyl (C=O) groups excluding carboxylic acids is 2. The van der Waals surface area contributed by atoms with E-state index in [4.69, 9.17) is 0 Å². The first-order valence-corrected chi connectivity index (χ1v) is 7.59. The molecule has 0 N–H and O–H groups in total. The largest absolute Gasteiger partial charge is 0.319 e. The zero-order valence-electron chi connectivity index (χ0n) is 13.6. The van der Waals surface area contributed by atoms with Crippen molar-refractivity contribution in [2.75, 3.05) is 6.54 Å². The van der Waals surface area contributed by atoms with Crippen LogP contribution in [-0.2, 0) is 16.0 Å². The van der Waals surface area contributed by atoms with Crippen molar-refractivity contribution in [3.05, 3.63) is 48.2 Å². The van der Waals surface area contributed by atoms with Crippen molar-refractivity contribution >= 4 is 11.7 Å². The minimum Gasteiger partial charge on any atom is -0.319 e. The van der Waals surface area contributed by atoms with Crippen LogP contribution in [0.5, 0.6) is 0 Å². The summed E-state index contributed by atoms with van der Waals surface area (Å²) in [6.45, 7) is 7.65. The van der Waals surface area contributed by atoms with Crippen LogP contribution in [0, 0.1) is 0 Å². The molecule has 0 unspecified atom stereocenters. The van der Waals surface area contributed by atoms with Crippen molar-refractivity contribution in [3.8, 4) is 0 Å². The first kappa shape index (κ1) is 19.1. The van der Waals surface area contributed by atoms with E-state index in [9.17, 15) is 9.59 Å². The molecule has 1 aromatic carbocycles. The molecule has 1 rings (SSSR count). The Morgan fingerprint density at radius 1 is 1.05 bits per heavy atom. The van der Waals surface area contributed by atoms with Gasteiger partial charge in [0.25, 0.3) is 0 Å². The fourth-order valence-corrected chi connectivity index (χ4v) is 1.79. The molecule has 0 atom stereocenters. The summed E-state index contributed by atoms with van der Waals surface area (Å²) in [4.78, 5) is 23.8. The SMILES string of the molecule is CC.CC(=O)/C=C\N(CCCCc1ccccc1)C(C)=O. The van der Waals surface area contributed by atoms with E-state index in [1.807, 2.05) is 32.0 Å². The van der Waals surface area contributed by atoms with Crippen LogP contribution in [-0.4, -0.2) is 23.1 Å². The van der Waals surface area contributed by atoms with Gasteiger partial charge in [0.05, 0.1) is 0 Å². The fraction of sp³-hybridized carbons (Fsp3) is 0.444. The molecule has 0 saturated heterocycles. The van der Waals surface area contributed by atoms with Crippen LogP contribution in [0.25, 0.3) is 0 Å². The van der Waals surface area contributed by atoms with Crippen molar-refractivity contribution < 1.29 is 9.59 Å². The van der Waals surface area contributed by atoms with Gasteiger partial charge >= 0.3 is 0 Å². The highest BCUT2D eigenvalue weighted by atomic mass is 16.2. The van der Waals surface area contributed by atoms with Crippen LogP contribution in [0.1, 0.15) is 46.1 Å². The molecule has 1 amide bonds. The molecule has 0 aliphatic carbocycles. The van der Waals surface area contributed by atoms with E-state index in [0.29, 0.717) is 6.54 Å². The zero-order chi connectivity index (χ0) is 16.1. The Kier molecular flexibility index (Phi) is 10.8. The quantitative estimate of drug-likeness (QED) is 0.562. The molecule has 21 heavy (non-hydrogen) atoms. The van der Waals surface area contributed by atoms with E-state index in [2.05, 4.69) is 12.1 Å². The standard InChI is InChI=1S/C16H21NO2.C2H6/c1-14(18)11-13-17(15(2)19)12-7-6-10-16-8-4-3-5-9-16;1-2/h3-5,8-9,11,13H,6-7,10,12H2,1-2H3;1-2H3/b13-11-;. The van der Waals surface area contributed by atoms with Crippen molar-refractivity contribution in [1.82, 2.24) is 4.90 Å². The summed E-state index contributed by atoms with van der Waals surface area (Å²) in [6, 6.07) is 10.3. The Hall–Kier alpha value is -1.90. The summed E-state index contributed by atoms with van der Waals surface area (Å²) in [6.07, 6.45) is 5.98. The zero-order valence-corrected chi connectivity index (χ0v) is 13.6. The van der Waals surface area contributed by atoms with E-state index in [0.717, 1.165) is 19.3 Å². The number of hydrogen-bond donors (Lipinski definition) is 0. The molecule has 3 heteroatoms. The molecule has 116 valence electrons. The second kappa shape index (κ2) is 11.9. The van der Waals surface area contributed by atoms with Crippen molar-refractivity contribution in [3.63, 3.8) is 0 Å². The number of carbonyl (C=O) groups is 2. The number of unbranched alkanes of at least 4 members (excludes halogenated alkanes) is 1. The lowest BCUT2D eigenvalue weighted by Crippen LogP contribution is -2.24. The van der Waals surface area contributed by atoms with E-state index in [1.165, 1.54) is 25.5 Å². The summed E-state index contributed by atoms with van der Waals surface area (Å²) in [5.74, 6) is -0.0762. The first-order chi connectivity index (χ1) is 10.1. The maximum atomic E-state index is 11.4. The molecule has 0 aliphatic heterocycles. The second-order valence-corrected chi connectivity index (χ2v) is 4.58. The van der Waals surface area contributed by atoms with Crippen LogP contribution >= 0.6 is 0 Å². The van der Waals surface area contributed by atoms with Gasteiger partial charge in [0.15, 0.2) is 5.78 Å². The highest BCUT2D eigenvalue weighted by Crippen LogP contribution is 2.06. The number of nitrogens with zero attached hydrogens (tertiary/aromatic N) is 1. The van der Waals surface area contributed by atoms with Crippen molar-refractivity contribution in [2.45, 2.75) is 47.0 Å². The number of ketones is 1. The molecule has 0 aliphatic rings. The summed E-state index contributed by atoms with van der Waals surface area (Å²) in [5.41, 5.74) is 1.32. The number of rotatable bonds is 7. The van der Waals surface area contributed by atoms with E-state index < -0.39 is 0 Å². The third-order valence-electron chi connectivity index (χ3n) is 2.85. The van der Waals surface area contributed by atoms with E-state index >= 15 is 0 Å². The number of amides is 1. The fourth-order valence-electron chi connectivity index (χ4n) is 1.79. The Morgan fingerprint density at radius 3 is 2.19 bits per heavy atom. The second-order valence-electron chi connectivity index (χ2n) is 4.58. The summed E-state index contributed by atoms with van der Waals surface area (Å²) < 4.78 is 0. The van der Waals surface area contributed by atoms with E-state index in [1.54, 1.807) is 11.1 Å². The highest BCUT2D eigenvalue weighted by Gasteiger charge is 2.04. The van der Waals surface area contributed by atoms with E-state index in [-0.39, 0.29) is 11.7 Å². The maximum Gasteiger partial charge on any atom is 0.223 e. The van der Waals surface area contributed by atoms with Crippen LogP contribution < -0.4 is 0 Å². The molecule has 0 heterocycles. The first-order valence-electron chi connectivity index (χ1n) is 7.59. The predicted octanol–water partition coefficient (Wildman–Crippen LogP) is 3.99. The molecule has 0 bridgehead atoms. The van der Waals surface area contributed by atoms with Gasteiger partial charge in [-0.25, -0.2) is 0 Å². The van der Waals surface area contributed by atoms with Gasteiger partial charge in [0.2, 0.25) is 5.91 Å². The molecular formula is C18H27NO2. The normalized spacial score (nSPS) is 9.90. The average Bonchev–Trinajstić information content (AvgIpc) is 2.49. The number of allylic oxidation sites excluding steroid dienone is 1. The van der Waals surface area contributed by atoms with Gasteiger partial charge in [-0.15, -0.1) is 0 Å². The van der Waals surface area contributed by atoms with Crippen LogP contribution in [0.3, 0.4) is 0 Å².